The maximum atomic E-state index is 4.98. The number of rotatable bonds is 0. The predicted octanol–water partition coefficient (Wildman–Crippen LogP) is 1.26. The fourth-order valence-electron chi connectivity index (χ4n) is 1.43. The zero-order valence-electron chi connectivity index (χ0n) is 4.80. The smallest absolute Gasteiger partial charge is 0.0956 e. The molecule has 0 aromatic carbocycles. The SMILES string of the molecule is C1C[C@@H]2C[C@H](C1)OO2. The summed E-state index contributed by atoms with van der Waals surface area (Å²) >= 11 is 0. The number of hydrogen-bond acceptors (Lipinski definition) is 2. The van der Waals surface area contributed by atoms with Gasteiger partial charge in [-0.3, -0.25) is 0 Å². The molecule has 0 spiro atoms. The third kappa shape index (κ3) is 0.644. The first-order valence-corrected chi connectivity index (χ1v) is 3.27. The van der Waals surface area contributed by atoms with E-state index in [-0.39, 0.29) is 0 Å². The molecule has 0 aromatic rings. The van der Waals surface area contributed by atoms with Crippen molar-refractivity contribution in [1.82, 2.24) is 0 Å². The third-order valence-electron chi connectivity index (χ3n) is 1.91. The van der Waals surface area contributed by atoms with Crippen LogP contribution in [-0.2, 0) is 9.78 Å². The second kappa shape index (κ2) is 1.71. The standard InChI is InChI=1S/C6H10O2/c1-2-5-4-6(3-1)8-7-5/h5-6H,1-4H2/t5-,6+. The summed E-state index contributed by atoms with van der Waals surface area (Å²) in [5, 5.41) is 0. The fourth-order valence-corrected chi connectivity index (χ4v) is 1.43. The van der Waals surface area contributed by atoms with Crippen molar-refractivity contribution in [3.63, 3.8) is 0 Å². The first-order chi connectivity index (χ1) is 3.95. The highest BCUT2D eigenvalue weighted by Crippen LogP contribution is 2.29. The molecular weight excluding hydrogens is 104 g/mol. The Hall–Kier alpha value is -0.0800. The molecule has 2 aliphatic rings. The van der Waals surface area contributed by atoms with E-state index in [4.69, 9.17) is 9.78 Å². The van der Waals surface area contributed by atoms with Gasteiger partial charge in [0.15, 0.2) is 0 Å². The van der Waals surface area contributed by atoms with Gasteiger partial charge in [-0.2, -0.15) is 0 Å². The van der Waals surface area contributed by atoms with E-state index in [2.05, 4.69) is 0 Å². The van der Waals surface area contributed by atoms with Crippen LogP contribution in [0, 0.1) is 0 Å². The molecule has 1 aliphatic heterocycles. The van der Waals surface area contributed by atoms with Gasteiger partial charge in [-0.15, -0.1) is 0 Å². The van der Waals surface area contributed by atoms with Gasteiger partial charge in [0, 0.05) is 6.42 Å². The molecule has 0 aromatic heterocycles. The zero-order valence-corrected chi connectivity index (χ0v) is 4.80. The van der Waals surface area contributed by atoms with Gasteiger partial charge in [-0.25, -0.2) is 9.78 Å². The van der Waals surface area contributed by atoms with Gasteiger partial charge in [0.1, 0.15) is 0 Å². The van der Waals surface area contributed by atoms with Crippen LogP contribution < -0.4 is 0 Å². The first-order valence-electron chi connectivity index (χ1n) is 3.27. The molecule has 2 nitrogen and oxygen atoms in total. The molecule has 46 valence electrons. The maximum absolute atomic E-state index is 4.98. The Morgan fingerprint density at radius 3 is 2.12 bits per heavy atom. The van der Waals surface area contributed by atoms with Crippen LogP contribution in [0.1, 0.15) is 25.7 Å². The van der Waals surface area contributed by atoms with Gasteiger partial charge in [0.05, 0.1) is 12.2 Å². The zero-order chi connectivity index (χ0) is 5.40. The summed E-state index contributed by atoms with van der Waals surface area (Å²) in [7, 11) is 0. The second-order valence-electron chi connectivity index (χ2n) is 2.60. The highest BCUT2D eigenvalue weighted by atomic mass is 17.2. The van der Waals surface area contributed by atoms with Gasteiger partial charge in [0.25, 0.3) is 0 Å². The molecule has 1 saturated heterocycles. The molecule has 0 N–H and O–H groups in total. The van der Waals surface area contributed by atoms with Crippen LogP contribution >= 0.6 is 0 Å². The summed E-state index contributed by atoms with van der Waals surface area (Å²) < 4.78 is 0. The van der Waals surface area contributed by atoms with Crippen LogP contribution in [0.2, 0.25) is 0 Å². The Morgan fingerprint density at radius 1 is 1.00 bits per heavy atom. The van der Waals surface area contributed by atoms with Crippen LogP contribution in [0.15, 0.2) is 0 Å². The lowest BCUT2D eigenvalue weighted by Gasteiger charge is -2.10. The molecule has 8 heavy (non-hydrogen) atoms. The van der Waals surface area contributed by atoms with Crippen molar-refractivity contribution in [1.29, 1.82) is 0 Å². The molecule has 1 saturated carbocycles. The van der Waals surface area contributed by atoms with E-state index < -0.39 is 0 Å². The van der Waals surface area contributed by atoms with Crippen molar-refractivity contribution in [2.75, 3.05) is 0 Å². The molecule has 1 aliphatic carbocycles. The quantitative estimate of drug-likeness (QED) is 0.441. The van der Waals surface area contributed by atoms with E-state index in [1.54, 1.807) is 0 Å². The largest absolute Gasteiger partial charge is 0.233 e. The summed E-state index contributed by atoms with van der Waals surface area (Å²) in [6.07, 6.45) is 5.71. The van der Waals surface area contributed by atoms with Gasteiger partial charge in [-0.1, -0.05) is 0 Å². The van der Waals surface area contributed by atoms with Crippen molar-refractivity contribution in [2.24, 2.45) is 0 Å². The van der Waals surface area contributed by atoms with Crippen molar-refractivity contribution >= 4 is 0 Å². The summed E-state index contributed by atoms with van der Waals surface area (Å²) in [6.45, 7) is 0. The summed E-state index contributed by atoms with van der Waals surface area (Å²) in [5.74, 6) is 0. The minimum atomic E-state index is 0.439. The lowest BCUT2D eigenvalue weighted by atomic mass is 9.96. The predicted molar refractivity (Wildman–Crippen MR) is 28.2 cm³/mol. The summed E-state index contributed by atoms with van der Waals surface area (Å²) in [4.78, 5) is 9.95. The van der Waals surface area contributed by atoms with Crippen molar-refractivity contribution in [2.45, 2.75) is 37.9 Å². The second-order valence-corrected chi connectivity index (χ2v) is 2.60. The van der Waals surface area contributed by atoms with Gasteiger partial charge >= 0.3 is 0 Å². The van der Waals surface area contributed by atoms with Gasteiger partial charge < -0.3 is 0 Å². The Labute approximate surface area is 48.7 Å². The van der Waals surface area contributed by atoms with E-state index >= 15 is 0 Å². The minimum Gasteiger partial charge on any atom is -0.233 e. The molecule has 0 radical (unpaired) electrons. The highest BCUT2D eigenvalue weighted by molar-refractivity contribution is 4.75. The topological polar surface area (TPSA) is 18.5 Å². The normalized spacial score (nSPS) is 45.0. The Kier molecular flexibility index (Phi) is 1.02. The molecule has 2 bridgehead atoms. The molecule has 1 heterocycles. The molecular formula is C6H10O2. The highest BCUT2D eigenvalue weighted by Gasteiger charge is 2.30. The third-order valence-corrected chi connectivity index (χ3v) is 1.91. The summed E-state index contributed by atoms with van der Waals surface area (Å²) in [5.41, 5.74) is 0. The number of hydrogen-bond donors (Lipinski definition) is 0. The first kappa shape index (κ1) is 4.77. The van der Waals surface area contributed by atoms with Crippen LogP contribution in [0.4, 0.5) is 0 Å². The monoisotopic (exact) mass is 114 g/mol. The van der Waals surface area contributed by atoms with Crippen molar-refractivity contribution in [3.8, 4) is 0 Å². The van der Waals surface area contributed by atoms with Crippen LogP contribution in [0.25, 0.3) is 0 Å². The van der Waals surface area contributed by atoms with Crippen LogP contribution in [-0.4, -0.2) is 12.2 Å². The Bertz CT molecular complexity index is 78.5. The molecule has 2 fully saturated rings. The average Bonchev–Trinajstić information content (AvgIpc) is 2.12. The summed E-state index contributed by atoms with van der Waals surface area (Å²) in [6, 6.07) is 0. The minimum absolute atomic E-state index is 0.439. The fraction of sp³-hybridized carbons (Fsp3) is 1.00. The van der Waals surface area contributed by atoms with Gasteiger partial charge in [-0.05, 0) is 19.3 Å². The van der Waals surface area contributed by atoms with E-state index in [9.17, 15) is 0 Å². The van der Waals surface area contributed by atoms with Crippen LogP contribution in [0.5, 0.6) is 0 Å². The molecule has 2 heteroatoms. The van der Waals surface area contributed by atoms with Crippen molar-refractivity contribution in [3.05, 3.63) is 0 Å². The lowest BCUT2D eigenvalue weighted by Crippen LogP contribution is -2.13. The van der Waals surface area contributed by atoms with E-state index in [1.165, 1.54) is 19.3 Å². The number of fused-ring (bicyclic) bond motifs is 2. The maximum Gasteiger partial charge on any atom is 0.0956 e. The van der Waals surface area contributed by atoms with Crippen molar-refractivity contribution < 1.29 is 9.78 Å². The average molecular weight is 114 g/mol. The van der Waals surface area contributed by atoms with Crippen LogP contribution in [0.3, 0.4) is 0 Å². The molecule has 2 rings (SSSR count). The molecule has 0 amide bonds. The Morgan fingerprint density at radius 2 is 1.62 bits per heavy atom. The Balaban J connectivity index is 2.03. The van der Waals surface area contributed by atoms with E-state index in [1.807, 2.05) is 0 Å². The lowest BCUT2D eigenvalue weighted by molar-refractivity contribution is -0.290. The van der Waals surface area contributed by atoms with E-state index in [0.29, 0.717) is 12.2 Å². The molecule has 2 atom stereocenters. The van der Waals surface area contributed by atoms with E-state index in [0.717, 1.165) is 6.42 Å². The molecule has 0 unspecified atom stereocenters. The van der Waals surface area contributed by atoms with Gasteiger partial charge in [0.2, 0.25) is 0 Å².